The molecule has 2 aromatic rings. The zero-order chi connectivity index (χ0) is 21.7. The van der Waals surface area contributed by atoms with Crippen molar-refractivity contribution in [1.82, 2.24) is 5.32 Å². The number of nitrogens with zero attached hydrogens (tertiary/aromatic N) is 1. The Kier molecular flexibility index (Phi) is 7.21. The Balaban J connectivity index is 1.81. The van der Waals surface area contributed by atoms with Crippen LogP contribution >= 0.6 is 11.6 Å². The van der Waals surface area contributed by atoms with E-state index in [2.05, 4.69) is 12.2 Å². The summed E-state index contributed by atoms with van der Waals surface area (Å²) in [6.07, 6.45) is 3.25. The smallest absolute Gasteiger partial charge is 0.254 e. The van der Waals surface area contributed by atoms with E-state index in [1.54, 1.807) is 30.2 Å². The Hall–Kier alpha value is -2.73. The number of hydrogen-bond donors (Lipinski definition) is 1. The van der Waals surface area contributed by atoms with Gasteiger partial charge in [0, 0.05) is 23.2 Å². The zero-order valence-corrected chi connectivity index (χ0v) is 18.3. The minimum absolute atomic E-state index is 0.193. The van der Waals surface area contributed by atoms with Gasteiger partial charge >= 0.3 is 0 Å². The standard InChI is InChI=1S/C23H27ClN2O4/c1-4-5-6-11-30-20-10-7-16(12-21(20)29-3)14-26-19-9-8-17(24)13-18(19)22(23(26)28)25-15(2)27/h7-10,12-13,22H,4-6,11,14H2,1-3H3,(H,25,27). The molecule has 1 heterocycles. The number of fused-ring (bicyclic) bond motifs is 1. The van der Waals surface area contributed by atoms with Crippen LogP contribution in [-0.4, -0.2) is 25.5 Å². The third kappa shape index (κ3) is 4.87. The number of rotatable bonds is 9. The molecule has 30 heavy (non-hydrogen) atoms. The second kappa shape index (κ2) is 9.85. The number of carbonyl (C=O) groups is 2. The molecule has 1 atom stereocenters. The first-order valence-corrected chi connectivity index (χ1v) is 10.5. The molecule has 0 radical (unpaired) electrons. The van der Waals surface area contributed by atoms with Crippen molar-refractivity contribution in [3.8, 4) is 11.5 Å². The highest BCUT2D eigenvalue weighted by molar-refractivity contribution is 6.31. The van der Waals surface area contributed by atoms with E-state index < -0.39 is 6.04 Å². The molecule has 0 saturated heterocycles. The molecule has 160 valence electrons. The largest absolute Gasteiger partial charge is 0.493 e. The molecule has 0 aromatic heterocycles. The molecule has 2 amide bonds. The average Bonchev–Trinajstić information content (AvgIpc) is 2.96. The molecule has 3 rings (SSSR count). The van der Waals surface area contributed by atoms with Gasteiger partial charge in [0.1, 0.15) is 6.04 Å². The lowest BCUT2D eigenvalue weighted by Gasteiger charge is -2.19. The van der Waals surface area contributed by atoms with Crippen LogP contribution in [0.1, 0.15) is 50.3 Å². The molecule has 0 bridgehead atoms. The average molecular weight is 431 g/mol. The summed E-state index contributed by atoms with van der Waals surface area (Å²) in [5.41, 5.74) is 2.33. The zero-order valence-electron chi connectivity index (χ0n) is 17.5. The number of nitrogens with one attached hydrogen (secondary N) is 1. The SMILES string of the molecule is CCCCCOc1ccc(CN2C(=O)C(NC(C)=O)c3cc(Cl)ccc32)cc1OC. The van der Waals surface area contributed by atoms with Crippen LogP contribution in [0.15, 0.2) is 36.4 Å². The molecule has 7 heteroatoms. The molecule has 1 aliphatic heterocycles. The van der Waals surface area contributed by atoms with Gasteiger partial charge in [-0.3, -0.25) is 9.59 Å². The van der Waals surface area contributed by atoms with Crippen molar-refractivity contribution in [2.45, 2.75) is 45.7 Å². The summed E-state index contributed by atoms with van der Waals surface area (Å²) in [6.45, 7) is 4.53. The highest BCUT2D eigenvalue weighted by Gasteiger charge is 2.38. The number of halogens is 1. The van der Waals surface area contributed by atoms with Crippen LogP contribution in [-0.2, 0) is 16.1 Å². The van der Waals surface area contributed by atoms with Crippen LogP contribution in [0.2, 0.25) is 5.02 Å². The third-order valence-electron chi connectivity index (χ3n) is 5.03. The predicted molar refractivity (Wildman–Crippen MR) is 117 cm³/mol. The number of hydrogen-bond acceptors (Lipinski definition) is 4. The fraction of sp³-hybridized carbons (Fsp3) is 0.391. The summed E-state index contributed by atoms with van der Waals surface area (Å²) in [6, 6.07) is 10.2. The van der Waals surface area contributed by atoms with Crippen molar-refractivity contribution < 1.29 is 19.1 Å². The van der Waals surface area contributed by atoms with Crippen LogP contribution in [0.4, 0.5) is 5.69 Å². The number of benzene rings is 2. The topological polar surface area (TPSA) is 67.9 Å². The van der Waals surface area contributed by atoms with Crippen molar-refractivity contribution in [3.63, 3.8) is 0 Å². The van der Waals surface area contributed by atoms with Crippen molar-refractivity contribution in [2.24, 2.45) is 0 Å². The predicted octanol–water partition coefficient (Wildman–Crippen LogP) is 4.64. The Morgan fingerprint density at radius 2 is 1.97 bits per heavy atom. The summed E-state index contributed by atoms with van der Waals surface area (Å²) < 4.78 is 11.3. The molecule has 2 aromatic carbocycles. The van der Waals surface area contributed by atoms with Gasteiger partial charge in [-0.25, -0.2) is 0 Å². The van der Waals surface area contributed by atoms with E-state index in [1.807, 2.05) is 18.2 Å². The number of carbonyl (C=O) groups excluding carboxylic acids is 2. The van der Waals surface area contributed by atoms with Crippen LogP contribution in [0.25, 0.3) is 0 Å². The number of anilines is 1. The van der Waals surface area contributed by atoms with Crippen LogP contribution < -0.4 is 19.7 Å². The molecule has 0 saturated carbocycles. The molecule has 0 spiro atoms. The van der Waals surface area contributed by atoms with E-state index in [9.17, 15) is 9.59 Å². The number of ether oxygens (including phenoxy) is 2. The van der Waals surface area contributed by atoms with Gasteiger partial charge < -0.3 is 19.7 Å². The second-order valence-electron chi connectivity index (χ2n) is 7.30. The molecular formula is C23H27ClN2O4. The van der Waals surface area contributed by atoms with Gasteiger partial charge in [-0.2, -0.15) is 0 Å². The fourth-order valence-electron chi connectivity index (χ4n) is 3.56. The van der Waals surface area contributed by atoms with Gasteiger partial charge in [0.25, 0.3) is 5.91 Å². The summed E-state index contributed by atoms with van der Waals surface area (Å²) in [7, 11) is 1.60. The van der Waals surface area contributed by atoms with Crippen molar-refractivity contribution in [2.75, 3.05) is 18.6 Å². The van der Waals surface area contributed by atoms with E-state index in [4.69, 9.17) is 21.1 Å². The van der Waals surface area contributed by atoms with E-state index in [0.29, 0.717) is 35.2 Å². The summed E-state index contributed by atoms with van der Waals surface area (Å²) in [4.78, 5) is 26.3. The Morgan fingerprint density at radius 3 is 2.67 bits per heavy atom. The highest BCUT2D eigenvalue weighted by Crippen LogP contribution is 2.39. The lowest BCUT2D eigenvalue weighted by atomic mass is 10.1. The van der Waals surface area contributed by atoms with E-state index in [1.165, 1.54) is 6.92 Å². The molecular weight excluding hydrogens is 404 g/mol. The number of amides is 2. The third-order valence-corrected chi connectivity index (χ3v) is 5.26. The first-order valence-electron chi connectivity index (χ1n) is 10.1. The van der Waals surface area contributed by atoms with Crippen LogP contribution in [0.3, 0.4) is 0 Å². The summed E-state index contributed by atoms with van der Waals surface area (Å²) >= 11 is 6.13. The van der Waals surface area contributed by atoms with E-state index >= 15 is 0 Å². The van der Waals surface area contributed by atoms with Crippen LogP contribution in [0.5, 0.6) is 11.5 Å². The number of unbranched alkanes of at least 4 members (excludes halogenated alkanes) is 2. The quantitative estimate of drug-likeness (QED) is 0.588. The minimum Gasteiger partial charge on any atom is -0.493 e. The Labute approximate surface area is 182 Å². The van der Waals surface area contributed by atoms with E-state index in [-0.39, 0.29) is 11.8 Å². The van der Waals surface area contributed by atoms with Crippen molar-refractivity contribution >= 4 is 29.1 Å². The minimum atomic E-state index is -0.737. The normalized spacial score (nSPS) is 15.1. The van der Waals surface area contributed by atoms with E-state index in [0.717, 1.165) is 30.5 Å². The molecule has 0 fully saturated rings. The van der Waals surface area contributed by atoms with Crippen molar-refractivity contribution in [3.05, 3.63) is 52.5 Å². The maximum Gasteiger partial charge on any atom is 0.254 e. The lowest BCUT2D eigenvalue weighted by Crippen LogP contribution is -2.36. The van der Waals surface area contributed by atoms with Gasteiger partial charge in [-0.05, 0) is 42.3 Å². The Morgan fingerprint density at radius 1 is 1.17 bits per heavy atom. The molecule has 1 N–H and O–H groups in total. The Bertz CT molecular complexity index is 931. The lowest BCUT2D eigenvalue weighted by molar-refractivity contribution is -0.126. The highest BCUT2D eigenvalue weighted by atomic mass is 35.5. The van der Waals surface area contributed by atoms with Gasteiger partial charge in [0.15, 0.2) is 11.5 Å². The summed E-state index contributed by atoms with van der Waals surface area (Å²) in [5, 5.41) is 3.24. The van der Waals surface area contributed by atoms with Gasteiger partial charge in [-0.1, -0.05) is 37.4 Å². The number of methoxy groups -OCH3 is 1. The molecule has 6 nitrogen and oxygen atoms in total. The molecule has 1 unspecified atom stereocenters. The monoisotopic (exact) mass is 430 g/mol. The second-order valence-corrected chi connectivity index (χ2v) is 7.74. The van der Waals surface area contributed by atoms with Crippen LogP contribution in [0, 0.1) is 0 Å². The maximum atomic E-state index is 13.1. The van der Waals surface area contributed by atoms with Gasteiger partial charge in [0.05, 0.1) is 20.3 Å². The first kappa shape index (κ1) is 22.0. The maximum absolute atomic E-state index is 13.1. The fourth-order valence-corrected chi connectivity index (χ4v) is 3.74. The molecule has 1 aliphatic rings. The first-order chi connectivity index (χ1) is 14.4. The van der Waals surface area contributed by atoms with Crippen molar-refractivity contribution in [1.29, 1.82) is 0 Å². The van der Waals surface area contributed by atoms with Gasteiger partial charge in [0.2, 0.25) is 5.91 Å². The summed E-state index contributed by atoms with van der Waals surface area (Å²) in [5.74, 6) is 0.854. The van der Waals surface area contributed by atoms with Gasteiger partial charge in [-0.15, -0.1) is 0 Å². The molecule has 0 aliphatic carbocycles.